The quantitative estimate of drug-likeness (QED) is 0.836. The minimum Gasteiger partial charge on any atom is -0.466 e. The highest BCUT2D eigenvalue weighted by atomic mass is 19.1. The van der Waals surface area contributed by atoms with Gasteiger partial charge in [0.1, 0.15) is 5.82 Å². The molecule has 1 aliphatic heterocycles. The summed E-state index contributed by atoms with van der Waals surface area (Å²) in [6.07, 6.45) is 0.826. The summed E-state index contributed by atoms with van der Waals surface area (Å²) in [5.41, 5.74) is 0.884. The van der Waals surface area contributed by atoms with Crippen LogP contribution in [0.15, 0.2) is 24.3 Å². The number of ether oxygens (including phenoxy) is 1. The Kier molecular flexibility index (Phi) is 4.31. The van der Waals surface area contributed by atoms with E-state index in [1.165, 1.54) is 12.1 Å². The number of carbonyl (C=O) groups excluding carboxylic acids is 1. The average Bonchev–Trinajstić information content (AvgIpc) is 2.39. The summed E-state index contributed by atoms with van der Waals surface area (Å²) < 4.78 is 18.4. The van der Waals surface area contributed by atoms with Crippen molar-refractivity contribution >= 4 is 5.97 Å². The number of hydrogen-bond acceptors (Lipinski definition) is 3. The molecule has 0 saturated carbocycles. The number of carbonyl (C=O) groups is 1. The van der Waals surface area contributed by atoms with Crippen LogP contribution in [0.25, 0.3) is 0 Å². The maximum Gasteiger partial charge on any atom is 0.310 e. The lowest BCUT2D eigenvalue weighted by Gasteiger charge is -2.30. The van der Waals surface area contributed by atoms with Gasteiger partial charge in [0.25, 0.3) is 0 Å². The minimum absolute atomic E-state index is 0.0426. The molecule has 1 aliphatic rings. The molecule has 1 aromatic rings. The van der Waals surface area contributed by atoms with Gasteiger partial charge in [-0.15, -0.1) is 0 Å². The molecule has 0 amide bonds. The Hall–Kier alpha value is -1.42. The monoisotopic (exact) mass is 251 g/mol. The Morgan fingerprint density at radius 1 is 1.56 bits per heavy atom. The molecular formula is C14H18FNO2. The Balaban J connectivity index is 2.20. The molecule has 4 heteroatoms. The van der Waals surface area contributed by atoms with Crippen LogP contribution in [-0.2, 0) is 9.53 Å². The van der Waals surface area contributed by atoms with Crippen LogP contribution in [0.5, 0.6) is 0 Å². The third kappa shape index (κ3) is 2.88. The van der Waals surface area contributed by atoms with E-state index in [4.69, 9.17) is 4.74 Å². The zero-order chi connectivity index (χ0) is 13.0. The van der Waals surface area contributed by atoms with E-state index in [9.17, 15) is 9.18 Å². The summed E-state index contributed by atoms with van der Waals surface area (Å²) in [5, 5.41) is 3.19. The van der Waals surface area contributed by atoms with Gasteiger partial charge in [-0.25, -0.2) is 4.39 Å². The molecule has 1 fully saturated rings. The second-order valence-electron chi connectivity index (χ2n) is 4.51. The highest BCUT2D eigenvalue weighted by Crippen LogP contribution is 2.31. The fourth-order valence-corrected chi connectivity index (χ4v) is 2.49. The molecular weight excluding hydrogens is 233 g/mol. The molecule has 1 heterocycles. The molecule has 2 atom stereocenters. The Labute approximate surface area is 106 Å². The molecule has 0 aromatic heterocycles. The lowest BCUT2D eigenvalue weighted by atomic mass is 9.81. The second-order valence-corrected chi connectivity index (χ2v) is 4.51. The molecule has 1 aromatic carbocycles. The number of hydrogen-bond donors (Lipinski definition) is 1. The van der Waals surface area contributed by atoms with E-state index >= 15 is 0 Å². The van der Waals surface area contributed by atoms with Gasteiger partial charge in [0.05, 0.1) is 12.5 Å². The van der Waals surface area contributed by atoms with Gasteiger partial charge in [-0.3, -0.25) is 4.79 Å². The maximum absolute atomic E-state index is 13.3. The number of rotatable bonds is 3. The molecule has 0 radical (unpaired) electrons. The van der Waals surface area contributed by atoms with E-state index in [-0.39, 0.29) is 23.6 Å². The first-order valence-corrected chi connectivity index (χ1v) is 6.35. The van der Waals surface area contributed by atoms with Crippen LogP contribution in [0.3, 0.4) is 0 Å². The highest BCUT2D eigenvalue weighted by Gasteiger charge is 2.33. The van der Waals surface area contributed by atoms with E-state index < -0.39 is 0 Å². The van der Waals surface area contributed by atoms with Crippen molar-refractivity contribution in [3.8, 4) is 0 Å². The first-order chi connectivity index (χ1) is 8.72. The number of benzene rings is 1. The van der Waals surface area contributed by atoms with E-state index in [2.05, 4.69) is 5.32 Å². The number of piperidine rings is 1. The van der Waals surface area contributed by atoms with E-state index in [1.807, 2.05) is 6.07 Å². The molecule has 18 heavy (non-hydrogen) atoms. The average molecular weight is 251 g/mol. The third-order valence-corrected chi connectivity index (χ3v) is 3.35. The second kappa shape index (κ2) is 5.96. The van der Waals surface area contributed by atoms with Crippen LogP contribution < -0.4 is 5.32 Å². The summed E-state index contributed by atoms with van der Waals surface area (Å²) in [5.74, 6) is -0.630. The maximum atomic E-state index is 13.3. The summed E-state index contributed by atoms with van der Waals surface area (Å²) in [6.45, 7) is 3.62. The Morgan fingerprint density at radius 3 is 3.11 bits per heavy atom. The van der Waals surface area contributed by atoms with Gasteiger partial charge in [-0.05, 0) is 43.5 Å². The third-order valence-electron chi connectivity index (χ3n) is 3.35. The van der Waals surface area contributed by atoms with Crippen LogP contribution in [-0.4, -0.2) is 25.7 Å². The lowest BCUT2D eigenvalue weighted by molar-refractivity contribution is -0.149. The molecule has 0 bridgehead atoms. The molecule has 0 aliphatic carbocycles. The van der Waals surface area contributed by atoms with Gasteiger partial charge in [0, 0.05) is 6.54 Å². The van der Waals surface area contributed by atoms with Gasteiger partial charge in [0.2, 0.25) is 0 Å². The first-order valence-electron chi connectivity index (χ1n) is 6.35. The zero-order valence-corrected chi connectivity index (χ0v) is 10.5. The van der Waals surface area contributed by atoms with Gasteiger partial charge >= 0.3 is 5.97 Å². The van der Waals surface area contributed by atoms with Crippen molar-refractivity contribution in [3.05, 3.63) is 35.6 Å². The van der Waals surface area contributed by atoms with Crippen LogP contribution in [0.2, 0.25) is 0 Å². The van der Waals surface area contributed by atoms with Crippen LogP contribution in [0, 0.1) is 11.7 Å². The fraction of sp³-hybridized carbons (Fsp3) is 0.500. The topological polar surface area (TPSA) is 38.3 Å². The van der Waals surface area contributed by atoms with Gasteiger partial charge in [-0.2, -0.15) is 0 Å². The number of esters is 1. The van der Waals surface area contributed by atoms with Crippen molar-refractivity contribution in [2.75, 3.05) is 19.7 Å². The zero-order valence-electron chi connectivity index (χ0n) is 10.5. The molecule has 3 nitrogen and oxygen atoms in total. The van der Waals surface area contributed by atoms with Crippen molar-refractivity contribution in [1.29, 1.82) is 0 Å². The molecule has 1 saturated heterocycles. The largest absolute Gasteiger partial charge is 0.466 e. The van der Waals surface area contributed by atoms with Crippen molar-refractivity contribution < 1.29 is 13.9 Å². The number of nitrogens with one attached hydrogen (secondary N) is 1. The summed E-state index contributed by atoms with van der Waals surface area (Å²) in [6, 6.07) is 6.51. The Bertz CT molecular complexity index is 422. The lowest BCUT2D eigenvalue weighted by Crippen LogP contribution is -2.40. The van der Waals surface area contributed by atoms with Gasteiger partial charge in [-0.1, -0.05) is 12.1 Å². The highest BCUT2D eigenvalue weighted by molar-refractivity contribution is 5.74. The minimum atomic E-state index is -0.256. The van der Waals surface area contributed by atoms with E-state index in [0.717, 1.165) is 18.5 Å². The predicted molar refractivity (Wildman–Crippen MR) is 66.8 cm³/mol. The molecule has 2 rings (SSSR count). The van der Waals surface area contributed by atoms with Crippen LogP contribution >= 0.6 is 0 Å². The smallest absolute Gasteiger partial charge is 0.310 e. The summed E-state index contributed by atoms with van der Waals surface area (Å²) in [4.78, 5) is 11.9. The van der Waals surface area contributed by atoms with Crippen molar-refractivity contribution in [2.45, 2.75) is 19.3 Å². The van der Waals surface area contributed by atoms with E-state index in [0.29, 0.717) is 13.2 Å². The van der Waals surface area contributed by atoms with Crippen molar-refractivity contribution in [3.63, 3.8) is 0 Å². The summed E-state index contributed by atoms with van der Waals surface area (Å²) >= 11 is 0. The summed E-state index contributed by atoms with van der Waals surface area (Å²) in [7, 11) is 0. The van der Waals surface area contributed by atoms with Crippen molar-refractivity contribution in [2.24, 2.45) is 5.92 Å². The SMILES string of the molecule is CCOC(=O)[C@@H]1CNCCC1c1cccc(F)c1. The van der Waals surface area contributed by atoms with Crippen LogP contribution in [0.1, 0.15) is 24.8 Å². The molecule has 0 spiro atoms. The fourth-order valence-electron chi connectivity index (χ4n) is 2.49. The van der Waals surface area contributed by atoms with Crippen molar-refractivity contribution in [1.82, 2.24) is 5.32 Å². The predicted octanol–water partition coefficient (Wildman–Crippen LogP) is 2.08. The van der Waals surface area contributed by atoms with Gasteiger partial charge in [0.15, 0.2) is 0 Å². The standard InChI is InChI=1S/C14H18FNO2/c1-2-18-14(17)13-9-16-7-6-12(13)10-4-3-5-11(15)8-10/h3-5,8,12-13,16H,2,6-7,9H2,1H3/t12?,13-/m1/s1. The van der Waals surface area contributed by atoms with Crippen LogP contribution in [0.4, 0.5) is 4.39 Å². The normalized spacial score (nSPS) is 23.7. The molecule has 98 valence electrons. The first kappa shape index (κ1) is 13.0. The number of halogens is 1. The molecule has 1 N–H and O–H groups in total. The van der Waals surface area contributed by atoms with E-state index in [1.54, 1.807) is 13.0 Å². The van der Waals surface area contributed by atoms with Gasteiger partial charge < -0.3 is 10.1 Å². The Morgan fingerprint density at radius 2 is 2.39 bits per heavy atom. The molecule has 1 unspecified atom stereocenters.